The molecule has 42 heavy (non-hydrogen) atoms. The summed E-state index contributed by atoms with van der Waals surface area (Å²) in [6.45, 7) is 5.10. The first kappa shape index (κ1) is 31.8. The molecule has 6 nitrogen and oxygen atoms in total. The summed E-state index contributed by atoms with van der Waals surface area (Å²) in [5, 5.41) is 23.6. The highest BCUT2D eigenvalue weighted by Crippen LogP contribution is 2.39. The molecule has 0 bridgehead atoms. The summed E-state index contributed by atoms with van der Waals surface area (Å²) in [6, 6.07) is 13.5. The predicted molar refractivity (Wildman–Crippen MR) is 162 cm³/mol. The van der Waals surface area contributed by atoms with Gasteiger partial charge in [0.05, 0.1) is 24.3 Å². The van der Waals surface area contributed by atoms with Gasteiger partial charge in [0.25, 0.3) is 0 Å². The van der Waals surface area contributed by atoms with Crippen molar-refractivity contribution < 1.29 is 23.4 Å². The Morgan fingerprint density at radius 3 is 2.26 bits per heavy atom. The zero-order valence-electron chi connectivity index (χ0n) is 24.4. The lowest BCUT2D eigenvalue weighted by molar-refractivity contribution is -0.136. The maximum Gasteiger partial charge on any atom is 0.417 e. The maximum atomic E-state index is 13.9. The quantitative estimate of drug-likeness (QED) is 0.116. The predicted octanol–water partition coefficient (Wildman–Crippen LogP) is 6.79. The van der Waals surface area contributed by atoms with Crippen LogP contribution in [0, 0.1) is 6.92 Å². The molecule has 4 rings (SSSR count). The second-order valence-corrected chi connectivity index (χ2v) is 11.1. The van der Waals surface area contributed by atoms with Gasteiger partial charge >= 0.3 is 6.18 Å². The molecular weight excluding hydrogens is 543 g/mol. The topological polar surface area (TPSA) is 90.3 Å². The summed E-state index contributed by atoms with van der Waals surface area (Å²) in [4.78, 5) is 14.5. The van der Waals surface area contributed by atoms with Crippen molar-refractivity contribution >= 4 is 21.8 Å². The Labute approximate surface area is 244 Å². The molecule has 2 atom stereocenters. The average Bonchev–Trinajstić information content (AvgIpc) is 3.25. The Hall–Kier alpha value is -3.14. The Morgan fingerprint density at radius 2 is 1.62 bits per heavy atom. The highest BCUT2D eigenvalue weighted by molar-refractivity contribution is 6.09. The molecule has 0 amide bonds. The van der Waals surface area contributed by atoms with E-state index in [4.69, 9.17) is 0 Å². The van der Waals surface area contributed by atoms with Crippen LogP contribution < -0.4 is 10.9 Å². The van der Waals surface area contributed by atoms with Crippen molar-refractivity contribution in [3.8, 4) is 0 Å². The van der Waals surface area contributed by atoms with Gasteiger partial charge in [0.15, 0.2) is 0 Å². The summed E-state index contributed by atoms with van der Waals surface area (Å²) < 4.78 is 44.0. The van der Waals surface area contributed by atoms with Crippen molar-refractivity contribution in [2.75, 3.05) is 13.2 Å². The second-order valence-electron chi connectivity index (χ2n) is 11.1. The minimum Gasteiger partial charge on any atom is -0.394 e. The average molecular weight is 586 g/mol. The number of aryl methyl sites for hydroxylation is 2. The first-order chi connectivity index (χ1) is 20.2. The lowest BCUT2D eigenvalue weighted by Crippen LogP contribution is -2.34. The molecule has 9 heteroatoms. The first-order valence-corrected chi connectivity index (χ1v) is 15.0. The number of hydrogen-bond donors (Lipinski definition) is 4. The maximum absolute atomic E-state index is 13.9. The highest BCUT2D eigenvalue weighted by atomic mass is 19.4. The second kappa shape index (κ2) is 14.4. The van der Waals surface area contributed by atoms with E-state index < -0.39 is 23.4 Å². The number of nitrogens with one attached hydrogen (secondary N) is 2. The standard InChI is InChI=1S/C33H42F3N3O3/c1-3-26-22(2)30-27(17-16-25-31(30)24(33(34,35)36)20-29(42)38-25)39(26)19-13-8-6-4-5-7-12-18-37-32(28(41)21-40)23-14-10-9-11-15-23/h9-11,14-17,20,28,32,37,40-41H,3-8,12-13,18-19,21H2,1-2H3,(H,38,42)/t28-,32+/m0/s1. The number of hydrogen-bond acceptors (Lipinski definition) is 4. The van der Waals surface area contributed by atoms with Crippen molar-refractivity contribution in [1.82, 2.24) is 14.9 Å². The van der Waals surface area contributed by atoms with Crippen molar-refractivity contribution in [1.29, 1.82) is 0 Å². The number of nitrogens with zero attached hydrogens (tertiary/aromatic N) is 1. The largest absolute Gasteiger partial charge is 0.417 e. The van der Waals surface area contributed by atoms with E-state index in [1.165, 1.54) is 0 Å². The van der Waals surface area contributed by atoms with Gasteiger partial charge in [-0.2, -0.15) is 13.2 Å². The molecule has 2 aromatic carbocycles. The minimum absolute atomic E-state index is 0.0704. The third kappa shape index (κ3) is 7.25. The van der Waals surface area contributed by atoms with Crippen molar-refractivity contribution in [3.63, 3.8) is 0 Å². The molecular formula is C33H42F3N3O3. The van der Waals surface area contributed by atoms with E-state index in [0.29, 0.717) is 17.9 Å². The Kier molecular flexibility index (Phi) is 10.9. The number of H-pyrrole nitrogens is 1. The molecule has 2 aromatic heterocycles. The van der Waals surface area contributed by atoms with E-state index in [9.17, 15) is 28.2 Å². The van der Waals surface area contributed by atoms with E-state index in [2.05, 4.69) is 14.9 Å². The Morgan fingerprint density at radius 1 is 0.952 bits per heavy atom. The summed E-state index contributed by atoms with van der Waals surface area (Å²) in [5.41, 5.74) is 2.18. The zero-order chi connectivity index (χ0) is 30.3. The van der Waals surface area contributed by atoms with Gasteiger partial charge in [-0.1, -0.05) is 69.4 Å². The van der Waals surface area contributed by atoms with Crippen molar-refractivity contribution in [2.45, 2.75) is 90.1 Å². The Balaban J connectivity index is 1.29. The lowest BCUT2D eigenvalue weighted by Gasteiger charge is -2.23. The molecule has 0 unspecified atom stereocenters. The highest BCUT2D eigenvalue weighted by Gasteiger charge is 2.34. The van der Waals surface area contributed by atoms with Crippen LogP contribution in [0.25, 0.3) is 21.8 Å². The van der Waals surface area contributed by atoms with E-state index in [1.54, 1.807) is 6.07 Å². The fourth-order valence-electron chi connectivity index (χ4n) is 6.16. The molecule has 0 spiro atoms. The van der Waals surface area contributed by atoms with Crippen LogP contribution >= 0.6 is 0 Å². The number of alkyl halides is 3. The Bertz CT molecular complexity index is 1510. The normalized spacial score (nSPS) is 13.7. The number of benzene rings is 2. The van der Waals surface area contributed by atoms with Crippen LogP contribution in [-0.4, -0.2) is 39.0 Å². The first-order valence-electron chi connectivity index (χ1n) is 15.0. The van der Waals surface area contributed by atoms with Gasteiger partial charge in [-0.3, -0.25) is 4.79 Å². The number of pyridine rings is 1. The fraction of sp³-hybridized carbons (Fsp3) is 0.485. The number of aromatic nitrogens is 2. The molecule has 0 aliphatic heterocycles. The number of aliphatic hydroxyl groups is 2. The van der Waals surface area contributed by atoms with Crippen molar-refractivity contribution in [2.24, 2.45) is 0 Å². The number of halogens is 3. The van der Waals surface area contributed by atoms with Gasteiger partial charge in [-0.25, -0.2) is 0 Å². The van der Waals surface area contributed by atoms with Gasteiger partial charge in [0.2, 0.25) is 5.56 Å². The van der Waals surface area contributed by atoms with E-state index in [0.717, 1.165) is 80.4 Å². The third-order valence-electron chi connectivity index (χ3n) is 8.20. The molecule has 0 fully saturated rings. The molecule has 0 saturated heterocycles. The lowest BCUT2D eigenvalue weighted by atomic mass is 10.0. The molecule has 4 aromatic rings. The van der Waals surface area contributed by atoms with Crippen LogP contribution in [0.4, 0.5) is 13.2 Å². The summed E-state index contributed by atoms with van der Waals surface area (Å²) in [6.07, 6.45) is 2.57. The number of aliphatic hydroxyl groups excluding tert-OH is 2. The van der Waals surface area contributed by atoms with Gasteiger partial charge in [0.1, 0.15) is 0 Å². The molecule has 4 N–H and O–H groups in total. The molecule has 0 saturated carbocycles. The van der Waals surface area contributed by atoms with Crippen LogP contribution in [-0.2, 0) is 19.1 Å². The van der Waals surface area contributed by atoms with Gasteiger partial charge in [-0.05, 0) is 56.0 Å². The molecule has 0 aliphatic carbocycles. The fourth-order valence-corrected chi connectivity index (χ4v) is 6.16. The van der Waals surface area contributed by atoms with E-state index >= 15 is 0 Å². The van der Waals surface area contributed by atoms with Gasteiger partial charge in [0, 0.05) is 40.1 Å². The van der Waals surface area contributed by atoms with E-state index in [-0.39, 0.29) is 23.6 Å². The monoisotopic (exact) mass is 585 g/mol. The molecule has 2 heterocycles. The van der Waals surface area contributed by atoms with Gasteiger partial charge in [-0.15, -0.1) is 0 Å². The number of aromatic amines is 1. The minimum atomic E-state index is -4.62. The molecule has 228 valence electrons. The molecule has 0 aliphatic rings. The number of rotatable bonds is 15. The van der Waals surface area contributed by atoms with Crippen molar-refractivity contribution in [3.05, 3.63) is 81.3 Å². The van der Waals surface area contributed by atoms with Crippen LogP contribution in [0.5, 0.6) is 0 Å². The van der Waals surface area contributed by atoms with E-state index in [1.807, 2.05) is 50.2 Å². The SMILES string of the molecule is CCc1c(C)c2c3c(C(F)(F)F)cc(=O)[nH]c3ccc2n1CCCCCCCCCN[C@H](c1ccccc1)[C@@H](O)CO. The van der Waals surface area contributed by atoms with Crippen LogP contribution in [0.15, 0.2) is 53.3 Å². The summed E-state index contributed by atoms with van der Waals surface area (Å²) >= 11 is 0. The number of fused-ring (bicyclic) bond motifs is 3. The van der Waals surface area contributed by atoms with Gasteiger partial charge < -0.3 is 25.1 Å². The zero-order valence-corrected chi connectivity index (χ0v) is 24.4. The smallest absolute Gasteiger partial charge is 0.394 e. The van der Waals surface area contributed by atoms with Crippen LogP contribution in [0.2, 0.25) is 0 Å². The summed E-state index contributed by atoms with van der Waals surface area (Å²) in [7, 11) is 0. The molecule has 0 radical (unpaired) electrons. The third-order valence-corrected chi connectivity index (χ3v) is 8.20. The number of unbranched alkanes of at least 4 members (excludes halogenated alkanes) is 6. The van der Waals surface area contributed by atoms with Crippen LogP contribution in [0.1, 0.15) is 80.3 Å². The van der Waals surface area contributed by atoms with Crippen LogP contribution in [0.3, 0.4) is 0 Å². The summed E-state index contributed by atoms with van der Waals surface area (Å²) in [5.74, 6) is 0.